The minimum atomic E-state index is -4.95. The van der Waals surface area contributed by atoms with Crippen LogP contribution in [0.5, 0.6) is 0 Å². The van der Waals surface area contributed by atoms with Crippen molar-refractivity contribution in [1.29, 1.82) is 0 Å². The summed E-state index contributed by atoms with van der Waals surface area (Å²) in [6.45, 7) is 7.21. The average Bonchev–Trinajstić information content (AvgIpc) is 3.66. The van der Waals surface area contributed by atoms with Crippen molar-refractivity contribution in [3.63, 3.8) is 0 Å². The minimum Gasteiger partial charge on any atom is -0.462 e. The first-order valence-electron chi connectivity index (χ1n) is 36.2. The van der Waals surface area contributed by atoms with Gasteiger partial charge in [-0.05, 0) is 31.6 Å². The van der Waals surface area contributed by atoms with E-state index in [1.807, 2.05) is 0 Å². The van der Waals surface area contributed by atoms with E-state index in [0.29, 0.717) is 25.7 Å². The predicted octanol–water partition coefficient (Wildman–Crippen LogP) is 19.7. The highest BCUT2D eigenvalue weighted by Gasteiger charge is 2.30. The van der Waals surface area contributed by atoms with Gasteiger partial charge in [0.1, 0.15) is 19.3 Å². The third kappa shape index (κ3) is 61.6. The number of carbonyl (C=O) groups excluding carboxylic acids is 4. The number of ether oxygens (including phenoxy) is 4. The molecule has 0 aliphatic rings. The number of phosphoric acid groups is 2. The van der Waals surface area contributed by atoms with Gasteiger partial charge in [0, 0.05) is 25.7 Å². The van der Waals surface area contributed by atoms with Crippen LogP contribution < -0.4 is 0 Å². The molecule has 0 aromatic carbocycles. The van der Waals surface area contributed by atoms with E-state index in [0.717, 1.165) is 102 Å². The second-order valence-electron chi connectivity index (χ2n) is 25.2. The van der Waals surface area contributed by atoms with Crippen LogP contribution in [0.3, 0.4) is 0 Å². The first kappa shape index (κ1) is 86.1. The molecule has 0 aromatic heterocycles. The highest BCUT2D eigenvalue weighted by molar-refractivity contribution is 7.47. The van der Waals surface area contributed by atoms with Gasteiger partial charge in [-0.3, -0.25) is 37.3 Å². The van der Waals surface area contributed by atoms with Crippen LogP contribution >= 0.6 is 15.6 Å². The summed E-state index contributed by atoms with van der Waals surface area (Å²) in [4.78, 5) is 72.2. The third-order valence-corrected chi connectivity index (χ3v) is 18.3. The summed E-state index contributed by atoms with van der Waals surface area (Å²) in [5.41, 5.74) is 0. The Morgan fingerprint density at radius 2 is 0.545 bits per heavy atom. The molecular weight excluding hydrogens is 1160 g/mol. The summed E-state index contributed by atoms with van der Waals surface area (Å²) in [5, 5.41) is 10.5. The molecule has 17 nitrogen and oxygen atoms in total. The molecule has 0 radical (unpaired) electrons. The van der Waals surface area contributed by atoms with Gasteiger partial charge in [-0.2, -0.15) is 0 Å². The summed E-state index contributed by atoms with van der Waals surface area (Å²) in [5.74, 6) is -1.29. The molecule has 6 atom stereocenters. The van der Waals surface area contributed by atoms with Crippen LogP contribution in [0.1, 0.15) is 356 Å². The van der Waals surface area contributed by atoms with Gasteiger partial charge in [0.05, 0.1) is 26.4 Å². The lowest BCUT2D eigenvalue weighted by molar-refractivity contribution is -0.161. The molecule has 0 aromatic rings. The Morgan fingerprint density at radius 1 is 0.318 bits per heavy atom. The van der Waals surface area contributed by atoms with Crippen LogP contribution in [-0.2, 0) is 65.4 Å². The number of hydrogen-bond donors (Lipinski definition) is 3. The first-order chi connectivity index (χ1) is 42.6. The van der Waals surface area contributed by atoms with Gasteiger partial charge < -0.3 is 33.8 Å². The number of esters is 4. The molecule has 522 valence electrons. The lowest BCUT2D eigenvalue weighted by Gasteiger charge is -2.21. The molecule has 0 saturated heterocycles. The monoisotopic (exact) mass is 1300 g/mol. The molecule has 0 saturated carbocycles. The van der Waals surface area contributed by atoms with E-state index in [4.69, 9.17) is 37.0 Å². The van der Waals surface area contributed by atoms with Gasteiger partial charge in [0.25, 0.3) is 0 Å². The zero-order chi connectivity index (χ0) is 64.9. The molecule has 0 heterocycles. The number of hydrogen-bond acceptors (Lipinski definition) is 15. The van der Waals surface area contributed by atoms with E-state index in [1.165, 1.54) is 173 Å². The third-order valence-electron chi connectivity index (χ3n) is 16.4. The van der Waals surface area contributed by atoms with Crippen molar-refractivity contribution in [2.75, 3.05) is 39.6 Å². The Kier molecular flexibility index (Phi) is 61.1. The zero-order valence-electron chi connectivity index (χ0n) is 56.9. The SMILES string of the molecule is CCCCCCCCCCCCCCCC(=O)OC[C@H](COP(=O)(O)OC[C@@H](O)COP(=O)(O)OC[C@@H](COC(=O)CCCCCCC)OC(=O)CCCCCCCCCCCCCC)OC(=O)CCCCCCCCCCCCCCCCC(C)CC. The summed E-state index contributed by atoms with van der Waals surface area (Å²) in [6, 6.07) is 0. The Balaban J connectivity index is 5.15. The van der Waals surface area contributed by atoms with Crippen LogP contribution in [0.4, 0.5) is 0 Å². The number of carbonyl (C=O) groups is 4. The topological polar surface area (TPSA) is 237 Å². The maximum absolute atomic E-state index is 13.0. The molecular formula is C69H134O17P2. The summed E-state index contributed by atoms with van der Waals surface area (Å²) in [7, 11) is -9.89. The maximum atomic E-state index is 13.0. The summed E-state index contributed by atoms with van der Waals surface area (Å²) >= 11 is 0. The second-order valence-corrected chi connectivity index (χ2v) is 28.1. The smallest absolute Gasteiger partial charge is 0.462 e. The number of aliphatic hydroxyl groups excluding tert-OH is 1. The quantitative estimate of drug-likeness (QED) is 0.0222. The van der Waals surface area contributed by atoms with Crippen molar-refractivity contribution < 1.29 is 80.2 Å². The van der Waals surface area contributed by atoms with Gasteiger partial charge in [-0.15, -0.1) is 0 Å². The zero-order valence-corrected chi connectivity index (χ0v) is 58.6. The molecule has 0 fully saturated rings. The van der Waals surface area contributed by atoms with Crippen molar-refractivity contribution >= 4 is 39.5 Å². The highest BCUT2D eigenvalue weighted by Crippen LogP contribution is 2.45. The fraction of sp³-hybridized carbons (Fsp3) is 0.942. The van der Waals surface area contributed by atoms with Gasteiger partial charge in [-0.25, -0.2) is 9.13 Å². The van der Waals surface area contributed by atoms with Gasteiger partial charge in [0.15, 0.2) is 12.2 Å². The maximum Gasteiger partial charge on any atom is 0.472 e. The Labute approximate surface area is 537 Å². The van der Waals surface area contributed by atoms with Crippen molar-refractivity contribution in [2.45, 2.75) is 374 Å². The molecule has 0 rings (SSSR count). The Morgan fingerprint density at radius 3 is 0.807 bits per heavy atom. The van der Waals surface area contributed by atoms with Gasteiger partial charge >= 0.3 is 39.5 Å². The fourth-order valence-electron chi connectivity index (χ4n) is 10.4. The largest absolute Gasteiger partial charge is 0.472 e. The molecule has 0 bridgehead atoms. The van der Waals surface area contributed by atoms with Crippen molar-refractivity contribution in [3.8, 4) is 0 Å². The van der Waals surface area contributed by atoms with Crippen molar-refractivity contribution in [1.82, 2.24) is 0 Å². The molecule has 3 N–H and O–H groups in total. The molecule has 0 spiro atoms. The minimum absolute atomic E-state index is 0.107. The van der Waals surface area contributed by atoms with Crippen molar-refractivity contribution in [3.05, 3.63) is 0 Å². The van der Waals surface area contributed by atoms with E-state index in [2.05, 4.69) is 34.6 Å². The summed E-state index contributed by atoms with van der Waals surface area (Å²) in [6.07, 6.45) is 48.8. The molecule has 19 heteroatoms. The molecule has 0 aliphatic heterocycles. The number of unbranched alkanes of at least 4 members (excludes halogenated alkanes) is 40. The summed E-state index contributed by atoms with van der Waals surface area (Å²) < 4.78 is 68.0. The van der Waals surface area contributed by atoms with Crippen LogP contribution in [0.2, 0.25) is 0 Å². The van der Waals surface area contributed by atoms with Crippen molar-refractivity contribution in [2.24, 2.45) is 5.92 Å². The molecule has 0 amide bonds. The van der Waals surface area contributed by atoms with Crippen LogP contribution in [0.15, 0.2) is 0 Å². The standard InChI is InChI=1S/C69H134O17P2/c1-6-10-13-16-18-20-22-26-31-34-38-43-48-53-67(72)80-59-65(86-69(74)55-50-45-40-36-32-28-25-24-27-29-33-37-42-46-51-62(5)9-4)61-84-88(77,78)82-57-63(70)56-81-87(75,76)83-60-64(58-79-66(71)52-47-41-15-12-8-3)85-68(73)54-49-44-39-35-30-23-21-19-17-14-11-7-2/h62-65,70H,6-61H2,1-5H3,(H,75,76)(H,77,78)/t62?,63-,64+,65+/m0/s1. The van der Waals surface area contributed by atoms with E-state index >= 15 is 0 Å². The highest BCUT2D eigenvalue weighted by atomic mass is 31.2. The van der Waals surface area contributed by atoms with Crippen LogP contribution in [0, 0.1) is 5.92 Å². The lowest BCUT2D eigenvalue weighted by Crippen LogP contribution is -2.30. The Bertz CT molecular complexity index is 1710. The van der Waals surface area contributed by atoms with E-state index in [-0.39, 0.29) is 25.7 Å². The normalized spacial score (nSPS) is 14.4. The first-order valence-corrected chi connectivity index (χ1v) is 39.2. The molecule has 3 unspecified atom stereocenters. The van der Waals surface area contributed by atoms with Gasteiger partial charge in [-0.1, -0.05) is 304 Å². The number of phosphoric ester groups is 2. The van der Waals surface area contributed by atoms with E-state index in [1.54, 1.807) is 0 Å². The molecule has 88 heavy (non-hydrogen) atoms. The number of rotatable bonds is 69. The lowest BCUT2D eigenvalue weighted by atomic mass is 9.99. The van der Waals surface area contributed by atoms with Gasteiger partial charge in [0.2, 0.25) is 0 Å². The van der Waals surface area contributed by atoms with E-state index < -0.39 is 97.5 Å². The average molecular weight is 1300 g/mol. The number of aliphatic hydroxyl groups is 1. The fourth-order valence-corrected chi connectivity index (χ4v) is 12.0. The predicted molar refractivity (Wildman–Crippen MR) is 354 cm³/mol. The second kappa shape index (κ2) is 62.5. The van der Waals surface area contributed by atoms with Crippen LogP contribution in [0.25, 0.3) is 0 Å². The Hall–Kier alpha value is -1.94. The molecule has 0 aliphatic carbocycles. The van der Waals surface area contributed by atoms with E-state index in [9.17, 15) is 43.2 Å². The van der Waals surface area contributed by atoms with Crippen LogP contribution in [-0.4, -0.2) is 96.7 Å².